The monoisotopic (exact) mass is 484 g/mol. The Morgan fingerprint density at radius 1 is 1.28 bits per heavy atom. The molecular weight excluding hydrogens is 447 g/mol. The second kappa shape index (κ2) is 12.6. The van der Waals surface area contributed by atoms with Crippen LogP contribution in [-0.4, -0.2) is 74.3 Å². The van der Waals surface area contributed by atoms with Gasteiger partial charge in [-0.25, -0.2) is 0 Å². The van der Waals surface area contributed by atoms with Crippen LogP contribution in [0.3, 0.4) is 0 Å². The number of nitrogens with one attached hydrogen (secondary N) is 2. The molecule has 0 saturated carbocycles. The summed E-state index contributed by atoms with van der Waals surface area (Å²) in [6.07, 6.45) is 9.82. The standard InChI is InChI=1S/C18H36N4OS.HI/c1-4-16-7-5-6-11-22(16)12-10-20-17(19-2)21-15-18(24-3)8-13-23-14-9-18;/h16H,4-15H2,1-3H3,(H2,19,20,21);1H. The van der Waals surface area contributed by atoms with E-state index in [-0.39, 0.29) is 28.7 Å². The number of guanidine groups is 1. The van der Waals surface area contributed by atoms with Crippen molar-refractivity contribution in [2.75, 3.05) is 52.7 Å². The summed E-state index contributed by atoms with van der Waals surface area (Å²) in [6, 6.07) is 0.775. The lowest BCUT2D eigenvalue weighted by atomic mass is 9.99. The normalized spacial score (nSPS) is 24.4. The summed E-state index contributed by atoms with van der Waals surface area (Å²) < 4.78 is 5.81. The number of halogens is 1. The molecule has 25 heavy (non-hydrogen) atoms. The number of hydrogen-bond donors (Lipinski definition) is 2. The molecular formula is C18H37IN4OS. The van der Waals surface area contributed by atoms with Gasteiger partial charge in [0.25, 0.3) is 0 Å². The summed E-state index contributed by atoms with van der Waals surface area (Å²) in [5.41, 5.74) is 0. The van der Waals surface area contributed by atoms with Gasteiger partial charge in [0.2, 0.25) is 0 Å². The third-order valence-electron chi connectivity index (χ3n) is 5.55. The van der Waals surface area contributed by atoms with Crippen LogP contribution in [0.25, 0.3) is 0 Å². The fraction of sp³-hybridized carbons (Fsp3) is 0.944. The predicted octanol–water partition coefficient (Wildman–Crippen LogP) is 2.95. The molecule has 0 aliphatic carbocycles. The van der Waals surface area contributed by atoms with Crippen LogP contribution in [0, 0.1) is 0 Å². The number of thioether (sulfide) groups is 1. The minimum Gasteiger partial charge on any atom is -0.381 e. The van der Waals surface area contributed by atoms with E-state index in [1.807, 2.05) is 18.8 Å². The van der Waals surface area contributed by atoms with Gasteiger partial charge in [0.1, 0.15) is 0 Å². The van der Waals surface area contributed by atoms with E-state index in [1.54, 1.807) is 0 Å². The lowest BCUT2D eigenvalue weighted by Gasteiger charge is -2.36. The van der Waals surface area contributed by atoms with E-state index in [1.165, 1.54) is 32.2 Å². The molecule has 2 aliphatic rings. The van der Waals surface area contributed by atoms with Crippen LogP contribution in [0.4, 0.5) is 0 Å². The average molecular weight is 484 g/mol. The van der Waals surface area contributed by atoms with Gasteiger partial charge in [0, 0.05) is 50.7 Å². The van der Waals surface area contributed by atoms with E-state index < -0.39 is 0 Å². The van der Waals surface area contributed by atoms with Crippen molar-refractivity contribution in [3.05, 3.63) is 0 Å². The molecule has 2 saturated heterocycles. The number of rotatable bonds is 7. The van der Waals surface area contributed by atoms with E-state index in [2.05, 4.69) is 33.7 Å². The fourth-order valence-corrected chi connectivity index (χ4v) is 4.59. The van der Waals surface area contributed by atoms with Crippen LogP contribution in [-0.2, 0) is 4.74 Å². The minimum absolute atomic E-state index is 0. The van der Waals surface area contributed by atoms with Gasteiger partial charge in [-0.3, -0.25) is 9.89 Å². The lowest BCUT2D eigenvalue weighted by molar-refractivity contribution is 0.0782. The molecule has 2 heterocycles. The van der Waals surface area contributed by atoms with Crippen molar-refractivity contribution >= 4 is 41.7 Å². The van der Waals surface area contributed by atoms with Gasteiger partial charge in [0.05, 0.1) is 0 Å². The summed E-state index contributed by atoms with van der Waals surface area (Å²) >= 11 is 1.96. The van der Waals surface area contributed by atoms with Crippen molar-refractivity contribution < 1.29 is 4.74 Å². The molecule has 1 unspecified atom stereocenters. The van der Waals surface area contributed by atoms with Gasteiger partial charge in [-0.1, -0.05) is 13.3 Å². The summed E-state index contributed by atoms with van der Waals surface area (Å²) in [6.45, 7) is 8.35. The Morgan fingerprint density at radius 2 is 2.04 bits per heavy atom. The summed E-state index contributed by atoms with van der Waals surface area (Å²) in [5, 5.41) is 7.04. The largest absolute Gasteiger partial charge is 0.381 e. The van der Waals surface area contributed by atoms with E-state index in [0.29, 0.717) is 0 Å². The fourth-order valence-electron chi connectivity index (χ4n) is 3.80. The SMILES string of the molecule is CCC1CCCCN1CCNC(=NC)NCC1(SC)CCOCC1.I. The molecule has 0 aromatic rings. The van der Waals surface area contributed by atoms with Crippen LogP contribution < -0.4 is 10.6 Å². The number of piperidine rings is 1. The average Bonchev–Trinajstić information content (AvgIpc) is 2.65. The Kier molecular flexibility index (Phi) is 11.8. The molecule has 0 spiro atoms. The lowest BCUT2D eigenvalue weighted by Crippen LogP contribution is -2.49. The highest BCUT2D eigenvalue weighted by atomic mass is 127. The Balaban J connectivity index is 0.00000312. The number of ether oxygens (including phenoxy) is 1. The topological polar surface area (TPSA) is 48.9 Å². The molecule has 1 atom stereocenters. The highest BCUT2D eigenvalue weighted by Gasteiger charge is 2.31. The quantitative estimate of drug-likeness (QED) is 0.331. The van der Waals surface area contributed by atoms with Crippen molar-refractivity contribution in [2.45, 2.75) is 56.2 Å². The van der Waals surface area contributed by atoms with Crippen LogP contribution in [0.5, 0.6) is 0 Å². The highest BCUT2D eigenvalue weighted by molar-refractivity contribution is 14.0. The highest BCUT2D eigenvalue weighted by Crippen LogP contribution is 2.32. The molecule has 0 amide bonds. The van der Waals surface area contributed by atoms with Crippen LogP contribution in [0.15, 0.2) is 4.99 Å². The second-order valence-electron chi connectivity index (χ2n) is 6.95. The Hall–Kier alpha value is 0.270. The zero-order valence-corrected chi connectivity index (χ0v) is 19.3. The minimum atomic E-state index is 0. The zero-order valence-electron chi connectivity index (χ0n) is 16.2. The molecule has 2 rings (SSSR count). The van der Waals surface area contributed by atoms with Crippen molar-refractivity contribution in [2.24, 2.45) is 4.99 Å². The number of hydrogen-bond acceptors (Lipinski definition) is 4. The number of aliphatic imine (C=N–C) groups is 1. The first-order valence-corrected chi connectivity index (χ1v) is 10.8. The van der Waals surface area contributed by atoms with Crippen molar-refractivity contribution in [1.29, 1.82) is 0 Å². The van der Waals surface area contributed by atoms with Crippen LogP contribution >= 0.6 is 35.7 Å². The Morgan fingerprint density at radius 3 is 2.68 bits per heavy atom. The maximum Gasteiger partial charge on any atom is 0.191 e. The first-order chi connectivity index (χ1) is 11.7. The third kappa shape index (κ3) is 7.42. The van der Waals surface area contributed by atoms with Crippen molar-refractivity contribution in [3.8, 4) is 0 Å². The predicted molar refractivity (Wildman–Crippen MR) is 121 cm³/mol. The van der Waals surface area contributed by atoms with Gasteiger partial charge in [-0.05, 0) is 44.9 Å². The van der Waals surface area contributed by atoms with E-state index in [4.69, 9.17) is 4.74 Å². The van der Waals surface area contributed by atoms with Crippen LogP contribution in [0.1, 0.15) is 45.4 Å². The molecule has 2 aliphatic heterocycles. The smallest absolute Gasteiger partial charge is 0.191 e. The van der Waals surface area contributed by atoms with E-state index >= 15 is 0 Å². The van der Waals surface area contributed by atoms with Crippen molar-refractivity contribution in [3.63, 3.8) is 0 Å². The zero-order chi connectivity index (χ0) is 17.3. The van der Waals surface area contributed by atoms with E-state index in [0.717, 1.165) is 57.7 Å². The third-order valence-corrected chi connectivity index (χ3v) is 6.97. The van der Waals surface area contributed by atoms with Crippen molar-refractivity contribution in [1.82, 2.24) is 15.5 Å². The summed E-state index contributed by atoms with van der Waals surface area (Å²) in [5.74, 6) is 0.931. The first-order valence-electron chi connectivity index (χ1n) is 9.54. The maximum atomic E-state index is 5.52. The van der Waals surface area contributed by atoms with E-state index in [9.17, 15) is 0 Å². The van der Waals surface area contributed by atoms with Crippen LogP contribution in [0.2, 0.25) is 0 Å². The van der Waals surface area contributed by atoms with Gasteiger partial charge in [-0.2, -0.15) is 11.8 Å². The summed E-state index contributed by atoms with van der Waals surface area (Å²) in [7, 11) is 1.86. The summed E-state index contributed by atoms with van der Waals surface area (Å²) in [4.78, 5) is 7.04. The molecule has 2 fully saturated rings. The molecule has 0 aromatic heterocycles. The maximum absolute atomic E-state index is 5.52. The molecule has 0 radical (unpaired) electrons. The molecule has 2 N–H and O–H groups in total. The molecule has 5 nitrogen and oxygen atoms in total. The number of likely N-dealkylation sites (tertiary alicyclic amines) is 1. The van der Waals surface area contributed by atoms with Gasteiger partial charge >= 0.3 is 0 Å². The van der Waals surface area contributed by atoms with Gasteiger partial charge in [-0.15, -0.1) is 24.0 Å². The van der Waals surface area contributed by atoms with Gasteiger partial charge < -0.3 is 15.4 Å². The first kappa shape index (κ1) is 23.3. The molecule has 148 valence electrons. The Bertz CT molecular complexity index is 391. The Labute approximate surface area is 175 Å². The molecule has 7 heteroatoms. The van der Waals surface area contributed by atoms with Gasteiger partial charge in [0.15, 0.2) is 5.96 Å². The molecule has 0 bridgehead atoms. The second-order valence-corrected chi connectivity index (χ2v) is 8.22. The number of nitrogens with zero attached hydrogens (tertiary/aromatic N) is 2. The molecule has 0 aromatic carbocycles.